The van der Waals surface area contributed by atoms with Crippen LogP contribution in [-0.4, -0.2) is 23.2 Å². The first-order valence-electron chi connectivity index (χ1n) is 7.41. The Morgan fingerprint density at radius 2 is 2.04 bits per heavy atom. The lowest BCUT2D eigenvalue weighted by molar-refractivity contribution is -0.113. The van der Waals surface area contributed by atoms with Gasteiger partial charge in [0, 0.05) is 5.02 Å². The predicted molar refractivity (Wildman–Crippen MR) is 102 cm³/mol. The summed E-state index contributed by atoms with van der Waals surface area (Å²) in [6.07, 6.45) is 1.65. The number of nitrogens with one attached hydrogen (secondary N) is 1. The minimum Gasteiger partial charge on any atom is -0.504 e. The molecule has 25 heavy (non-hydrogen) atoms. The fourth-order valence-electron chi connectivity index (χ4n) is 2.44. The topological polar surface area (TPSA) is 61.8 Å². The van der Waals surface area contributed by atoms with Gasteiger partial charge in [-0.25, -0.2) is 0 Å². The van der Waals surface area contributed by atoms with Crippen LogP contribution in [0.5, 0.6) is 11.5 Å². The summed E-state index contributed by atoms with van der Waals surface area (Å²) in [5.41, 5.74) is 2.54. The summed E-state index contributed by atoms with van der Waals surface area (Å²) in [6, 6.07) is 10.1. The Morgan fingerprint density at radius 1 is 1.28 bits per heavy atom. The van der Waals surface area contributed by atoms with Crippen LogP contribution in [0.1, 0.15) is 11.1 Å². The van der Waals surface area contributed by atoms with Crippen molar-refractivity contribution in [3.63, 3.8) is 0 Å². The molecule has 1 amide bonds. The van der Waals surface area contributed by atoms with Crippen molar-refractivity contribution in [2.45, 2.75) is 6.92 Å². The van der Waals surface area contributed by atoms with Gasteiger partial charge < -0.3 is 15.2 Å². The molecule has 0 bridgehead atoms. The summed E-state index contributed by atoms with van der Waals surface area (Å²) < 4.78 is 5.08. The van der Waals surface area contributed by atoms with Crippen LogP contribution >= 0.6 is 23.8 Å². The van der Waals surface area contributed by atoms with E-state index in [-0.39, 0.29) is 16.8 Å². The van der Waals surface area contributed by atoms with Gasteiger partial charge in [-0.15, -0.1) is 0 Å². The molecule has 2 aromatic rings. The number of aromatic hydroxyl groups is 1. The van der Waals surface area contributed by atoms with Crippen LogP contribution in [0.2, 0.25) is 5.02 Å². The maximum absolute atomic E-state index is 12.7. The number of hydrogen-bond donors (Lipinski definition) is 2. The number of carbonyl (C=O) groups is 1. The number of aryl methyl sites for hydroxylation is 1. The molecule has 7 heteroatoms. The lowest BCUT2D eigenvalue weighted by Crippen LogP contribution is -2.30. The lowest BCUT2D eigenvalue weighted by Gasteiger charge is -2.14. The standard InChI is InChI=1S/C18H15ClN2O3S/c1-10-3-5-12(9-13(10)19)21-17(23)14(20-18(21)25)7-11-4-6-15(22)16(8-11)24-2/h3-9,22H,1-2H3,(H,20,25). The van der Waals surface area contributed by atoms with E-state index in [0.717, 1.165) is 5.56 Å². The number of phenols is 1. The number of thiocarbonyl (C=S) groups is 1. The van der Waals surface area contributed by atoms with Crippen molar-refractivity contribution in [1.29, 1.82) is 0 Å². The van der Waals surface area contributed by atoms with Crippen molar-refractivity contribution >= 4 is 46.6 Å². The van der Waals surface area contributed by atoms with E-state index >= 15 is 0 Å². The fraction of sp³-hybridized carbons (Fsp3) is 0.111. The molecule has 0 spiro atoms. The molecule has 0 radical (unpaired) electrons. The summed E-state index contributed by atoms with van der Waals surface area (Å²) in [5.74, 6) is 0.0725. The molecule has 0 aromatic heterocycles. The van der Waals surface area contributed by atoms with E-state index in [1.165, 1.54) is 18.1 Å². The number of anilines is 1. The van der Waals surface area contributed by atoms with Crippen LogP contribution in [0.4, 0.5) is 5.69 Å². The molecule has 5 nitrogen and oxygen atoms in total. The van der Waals surface area contributed by atoms with Gasteiger partial charge in [-0.05, 0) is 60.6 Å². The van der Waals surface area contributed by atoms with E-state index in [9.17, 15) is 9.90 Å². The first-order valence-corrected chi connectivity index (χ1v) is 8.19. The number of benzene rings is 2. The Hall–Kier alpha value is -2.57. The number of nitrogens with zero attached hydrogens (tertiary/aromatic N) is 1. The Labute approximate surface area is 155 Å². The number of amides is 1. The number of hydrogen-bond acceptors (Lipinski definition) is 4. The molecule has 0 unspecified atom stereocenters. The highest BCUT2D eigenvalue weighted by Gasteiger charge is 2.32. The molecule has 128 valence electrons. The summed E-state index contributed by atoms with van der Waals surface area (Å²) in [5, 5.41) is 13.4. The summed E-state index contributed by atoms with van der Waals surface area (Å²) in [7, 11) is 1.46. The molecule has 0 saturated carbocycles. The second-order valence-corrected chi connectivity index (χ2v) is 6.29. The number of rotatable bonds is 3. The van der Waals surface area contributed by atoms with E-state index in [1.807, 2.05) is 13.0 Å². The molecule has 0 atom stereocenters. The molecular formula is C18H15ClN2O3S. The molecule has 1 aliphatic rings. The Morgan fingerprint density at radius 3 is 2.72 bits per heavy atom. The van der Waals surface area contributed by atoms with Crippen molar-refractivity contribution in [2.75, 3.05) is 12.0 Å². The minimum absolute atomic E-state index is 0.0294. The zero-order chi connectivity index (χ0) is 18.1. The van der Waals surface area contributed by atoms with Gasteiger partial charge in [-0.3, -0.25) is 9.69 Å². The number of carbonyl (C=O) groups excluding carboxylic acids is 1. The number of methoxy groups -OCH3 is 1. The Bertz CT molecular complexity index is 911. The van der Waals surface area contributed by atoms with E-state index in [0.29, 0.717) is 27.7 Å². The molecular weight excluding hydrogens is 360 g/mol. The van der Waals surface area contributed by atoms with Gasteiger partial charge in [0.25, 0.3) is 5.91 Å². The monoisotopic (exact) mass is 374 g/mol. The lowest BCUT2D eigenvalue weighted by atomic mass is 10.1. The van der Waals surface area contributed by atoms with Gasteiger partial charge in [-0.1, -0.05) is 23.7 Å². The van der Waals surface area contributed by atoms with Gasteiger partial charge in [0.2, 0.25) is 0 Å². The van der Waals surface area contributed by atoms with Crippen LogP contribution in [0.3, 0.4) is 0 Å². The van der Waals surface area contributed by atoms with Crippen molar-refractivity contribution in [1.82, 2.24) is 5.32 Å². The Balaban J connectivity index is 1.94. The van der Waals surface area contributed by atoms with Gasteiger partial charge in [-0.2, -0.15) is 0 Å². The summed E-state index contributed by atoms with van der Waals surface area (Å²) in [6.45, 7) is 1.89. The van der Waals surface area contributed by atoms with Gasteiger partial charge in [0.15, 0.2) is 16.6 Å². The van der Waals surface area contributed by atoms with E-state index in [1.54, 1.807) is 30.3 Å². The third-order valence-corrected chi connectivity index (χ3v) is 4.50. The summed E-state index contributed by atoms with van der Waals surface area (Å²) >= 11 is 11.4. The smallest absolute Gasteiger partial charge is 0.281 e. The minimum atomic E-state index is -0.281. The van der Waals surface area contributed by atoms with Crippen molar-refractivity contribution in [3.05, 3.63) is 58.2 Å². The van der Waals surface area contributed by atoms with Crippen LogP contribution in [0.25, 0.3) is 6.08 Å². The maximum atomic E-state index is 12.7. The number of halogens is 1. The quantitative estimate of drug-likeness (QED) is 0.634. The average Bonchev–Trinajstić information content (AvgIpc) is 2.86. The maximum Gasteiger partial charge on any atom is 0.281 e. The van der Waals surface area contributed by atoms with Gasteiger partial charge >= 0.3 is 0 Å². The highest BCUT2D eigenvalue weighted by atomic mass is 35.5. The highest BCUT2D eigenvalue weighted by Crippen LogP contribution is 2.29. The molecule has 1 fully saturated rings. The van der Waals surface area contributed by atoms with E-state index in [2.05, 4.69) is 5.32 Å². The molecule has 1 heterocycles. The van der Waals surface area contributed by atoms with E-state index < -0.39 is 0 Å². The first kappa shape index (κ1) is 17.3. The van der Waals surface area contributed by atoms with Gasteiger partial charge in [0.1, 0.15) is 5.70 Å². The zero-order valence-corrected chi connectivity index (χ0v) is 15.1. The largest absolute Gasteiger partial charge is 0.504 e. The van der Waals surface area contributed by atoms with Crippen LogP contribution in [0.15, 0.2) is 42.1 Å². The van der Waals surface area contributed by atoms with Crippen LogP contribution < -0.4 is 15.0 Å². The molecule has 1 saturated heterocycles. The molecule has 2 aromatic carbocycles. The second-order valence-electron chi connectivity index (χ2n) is 5.49. The molecule has 1 aliphatic heterocycles. The SMILES string of the molecule is COc1cc(C=C2NC(=S)N(c3ccc(C)c(Cl)c3)C2=O)ccc1O. The van der Waals surface area contributed by atoms with Crippen molar-refractivity contribution < 1.29 is 14.6 Å². The zero-order valence-electron chi connectivity index (χ0n) is 13.5. The summed E-state index contributed by atoms with van der Waals surface area (Å²) in [4.78, 5) is 14.1. The normalized spacial score (nSPS) is 15.6. The predicted octanol–water partition coefficient (Wildman–Crippen LogP) is 3.62. The third-order valence-electron chi connectivity index (χ3n) is 3.81. The molecule has 2 N–H and O–H groups in total. The number of phenolic OH excluding ortho intramolecular Hbond substituents is 1. The molecule has 0 aliphatic carbocycles. The van der Waals surface area contributed by atoms with Crippen molar-refractivity contribution in [2.24, 2.45) is 0 Å². The first-order chi connectivity index (χ1) is 11.9. The fourth-order valence-corrected chi connectivity index (χ4v) is 2.91. The third kappa shape index (κ3) is 3.31. The number of ether oxygens (including phenoxy) is 1. The van der Waals surface area contributed by atoms with Crippen LogP contribution in [0, 0.1) is 6.92 Å². The van der Waals surface area contributed by atoms with Gasteiger partial charge in [0.05, 0.1) is 12.8 Å². The highest BCUT2D eigenvalue weighted by molar-refractivity contribution is 7.80. The Kier molecular flexibility index (Phi) is 4.65. The average molecular weight is 375 g/mol. The van der Waals surface area contributed by atoms with E-state index in [4.69, 9.17) is 28.6 Å². The van der Waals surface area contributed by atoms with Crippen LogP contribution in [-0.2, 0) is 4.79 Å². The second kappa shape index (κ2) is 6.74. The molecule has 3 rings (SSSR count). The van der Waals surface area contributed by atoms with Crippen molar-refractivity contribution in [3.8, 4) is 11.5 Å².